The summed E-state index contributed by atoms with van der Waals surface area (Å²) in [5, 5.41) is 6.79. The van der Waals surface area contributed by atoms with E-state index in [2.05, 4.69) is 15.8 Å². The molecule has 0 atom stereocenters. The van der Waals surface area contributed by atoms with Crippen LogP contribution in [0.1, 0.15) is 12.5 Å². The van der Waals surface area contributed by atoms with Crippen molar-refractivity contribution in [1.29, 1.82) is 0 Å². The lowest BCUT2D eigenvalue weighted by atomic mass is 10.2. The zero-order valence-corrected chi connectivity index (χ0v) is 16.1. The van der Waals surface area contributed by atoms with Crippen molar-refractivity contribution in [2.45, 2.75) is 6.92 Å². The van der Waals surface area contributed by atoms with Crippen molar-refractivity contribution < 1.29 is 19.1 Å². The first-order chi connectivity index (χ1) is 13.0. The minimum Gasteiger partial charge on any atom is -0.493 e. The van der Waals surface area contributed by atoms with Gasteiger partial charge in [-0.15, -0.1) is 0 Å². The van der Waals surface area contributed by atoms with E-state index in [1.54, 1.807) is 36.4 Å². The number of amides is 2. The number of hydrogen-bond acceptors (Lipinski definition) is 5. The summed E-state index contributed by atoms with van der Waals surface area (Å²) >= 11 is 12.1. The summed E-state index contributed by atoms with van der Waals surface area (Å²) in [6.45, 7) is 2.26. The molecule has 0 aliphatic rings. The minimum absolute atomic E-state index is 0.318. The largest absolute Gasteiger partial charge is 0.493 e. The second-order valence-electron chi connectivity index (χ2n) is 5.10. The molecular formula is C18H17Cl2N3O4. The average Bonchev–Trinajstić information content (AvgIpc) is 2.65. The Kier molecular flexibility index (Phi) is 7.45. The number of halogens is 2. The van der Waals surface area contributed by atoms with Crippen LogP contribution in [0.25, 0.3) is 0 Å². The smallest absolute Gasteiger partial charge is 0.329 e. The van der Waals surface area contributed by atoms with E-state index in [1.165, 1.54) is 13.3 Å². The monoisotopic (exact) mass is 409 g/mol. The summed E-state index contributed by atoms with van der Waals surface area (Å²) in [5.41, 5.74) is 3.00. The van der Waals surface area contributed by atoms with Gasteiger partial charge in [0.15, 0.2) is 11.5 Å². The second kappa shape index (κ2) is 9.80. The van der Waals surface area contributed by atoms with Crippen LogP contribution in [0.3, 0.4) is 0 Å². The number of para-hydroxylation sites is 1. The number of methoxy groups -OCH3 is 1. The number of hydrogen-bond donors (Lipinski definition) is 2. The molecule has 7 nitrogen and oxygen atoms in total. The molecule has 0 aliphatic carbocycles. The van der Waals surface area contributed by atoms with Gasteiger partial charge in [-0.05, 0) is 36.8 Å². The zero-order chi connectivity index (χ0) is 19.8. The van der Waals surface area contributed by atoms with Crippen LogP contribution in [0.2, 0.25) is 10.0 Å². The predicted octanol–water partition coefficient (Wildman–Crippen LogP) is 3.49. The summed E-state index contributed by atoms with van der Waals surface area (Å²) in [4.78, 5) is 23.7. The quantitative estimate of drug-likeness (QED) is 0.434. The van der Waals surface area contributed by atoms with Crippen molar-refractivity contribution in [1.82, 2.24) is 5.43 Å². The van der Waals surface area contributed by atoms with Crippen LogP contribution in [0.5, 0.6) is 11.5 Å². The second-order valence-corrected chi connectivity index (χ2v) is 5.91. The standard InChI is InChI=1S/C18H17Cl2N3O4/c1-3-27-16-13(20)8-11(9-15(16)26-2)10-21-23-18(25)17(24)22-14-7-5-4-6-12(14)19/h4-10H,3H2,1-2H3,(H,22,24)(H,23,25)/b21-10-. The molecule has 0 fully saturated rings. The number of ether oxygens (including phenoxy) is 2. The lowest BCUT2D eigenvalue weighted by molar-refractivity contribution is -0.136. The SMILES string of the molecule is CCOc1c(Cl)cc(/C=N\NC(=O)C(=O)Nc2ccccc2Cl)cc1OC. The maximum Gasteiger partial charge on any atom is 0.329 e. The Morgan fingerprint density at radius 3 is 2.56 bits per heavy atom. The van der Waals surface area contributed by atoms with Crippen molar-refractivity contribution in [2.24, 2.45) is 5.10 Å². The topological polar surface area (TPSA) is 89.0 Å². The van der Waals surface area contributed by atoms with Gasteiger partial charge in [0.2, 0.25) is 0 Å². The predicted molar refractivity (Wildman–Crippen MR) is 105 cm³/mol. The molecule has 0 saturated heterocycles. The van der Waals surface area contributed by atoms with Gasteiger partial charge in [0.1, 0.15) is 0 Å². The number of benzene rings is 2. The van der Waals surface area contributed by atoms with E-state index >= 15 is 0 Å². The minimum atomic E-state index is -0.949. The Bertz CT molecular complexity index is 872. The molecule has 0 radical (unpaired) electrons. The van der Waals surface area contributed by atoms with Gasteiger partial charge in [-0.3, -0.25) is 9.59 Å². The molecule has 27 heavy (non-hydrogen) atoms. The number of carbonyl (C=O) groups is 2. The number of carbonyl (C=O) groups excluding carboxylic acids is 2. The Morgan fingerprint density at radius 1 is 1.15 bits per heavy atom. The van der Waals surface area contributed by atoms with E-state index in [1.807, 2.05) is 6.92 Å². The summed E-state index contributed by atoms with van der Waals surface area (Å²) in [7, 11) is 1.48. The van der Waals surface area contributed by atoms with Crippen molar-refractivity contribution >= 4 is 46.9 Å². The zero-order valence-electron chi connectivity index (χ0n) is 14.6. The van der Waals surface area contributed by atoms with Crippen molar-refractivity contribution in [3.8, 4) is 11.5 Å². The molecule has 2 N–H and O–H groups in total. The van der Waals surface area contributed by atoms with Gasteiger partial charge >= 0.3 is 11.8 Å². The van der Waals surface area contributed by atoms with E-state index in [4.69, 9.17) is 32.7 Å². The number of rotatable bonds is 6. The third-order valence-electron chi connectivity index (χ3n) is 3.25. The molecule has 2 aromatic rings. The van der Waals surface area contributed by atoms with Crippen LogP contribution in [0.4, 0.5) is 5.69 Å². The van der Waals surface area contributed by atoms with E-state index in [0.717, 1.165) is 0 Å². The first kappa shape index (κ1) is 20.5. The average molecular weight is 410 g/mol. The number of hydrazone groups is 1. The highest BCUT2D eigenvalue weighted by molar-refractivity contribution is 6.41. The third kappa shape index (κ3) is 5.60. The highest BCUT2D eigenvalue weighted by Gasteiger charge is 2.14. The first-order valence-corrected chi connectivity index (χ1v) is 8.61. The summed E-state index contributed by atoms with van der Waals surface area (Å²) < 4.78 is 10.6. The maximum absolute atomic E-state index is 11.9. The molecule has 0 unspecified atom stereocenters. The van der Waals surface area contributed by atoms with Crippen LogP contribution >= 0.6 is 23.2 Å². The maximum atomic E-state index is 11.9. The van der Waals surface area contributed by atoms with Crippen LogP contribution in [-0.4, -0.2) is 31.7 Å². The van der Waals surface area contributed by atoms with Crippen LogP contribution in [0.15, 0.2) is 41.5 Å². The van der Waals surface area contributed by atoms with Crippen molar-refractivity contribution in [2.75, 3.05) is 19.0 Å². The van der Waals surface area contributed by atoms with Gasteiger partial charge in [0.05, 0.1) is 35.7 Å². The van der Waals surface area contributed by atoms with Gasteiger partial charge in [0.25, 0.3) is 0 Å². The van der Waals surface area contributed by atoms with E-state index < -0.39 is 11.8 Å². The van der Waals surface area contributed by atoms with E-state index in [9.17, 15) is 9.59 Å². The fraction of sp³-hybridized carbons (Fsp3) is 0.167. The Labute approximate surface area is 166 Å². The molecule has 0 aliphatic heterocycles. The molecule has 0 heterocycles. The van der Waals surface area contributed by atoms with Crippen LogP contribution in [-0.2, 0) is 9.59 Å². The third-order valence-corrected chi connectivity index (χ3v) is 3.86. The molecule has 0 bridgehead atoms. The van der Waals surface area contributed by atoms with Crippen LogP contribution in [0, 0.1) is 0 Å². The van der Waals surface area contributed by atoms with E-state index in [-0.39, 0.29) is 0 Å². The highest BCUT2D eigenvalue weighted by Crippen LogP contribution is 2.35. The van der Waals surface area contributed by atoms with Crippen LogP contribution < -0.4 is 20.2 Å². The Balaban J connectivity index is 2.02. The van der Waals surface area contributed by atoms with Crippen molar-refractivity contribution in [3.05, 3.63) is 52.0 Å². The molecular weight excluding hydrogens is 393 g/mol. The molecule has 2 amide bonds. The first-order valence-electron chi connectivity index (χ1n) is 7.85. The molecule has 9 heteroatoms. The van der Waals surface area contributed by atoms with Gasteiger partial charge in [-0.25, -0.2) is 5.43 Å². The van der Waals surface area contributed by atoms with Gasteiger partial charge in [0, 0.05) is 0 Å². The molecule has 2 rings (SSSR count). The summed E-state index contributed by atoms with van der Waals surface area (Å²) in [6.07, 6.45) is 1.32. The fourth-order valence-corrected chi connectivity index (χ4v) is 2.51. The molecule has 2 aromatic carbocycles. The van der Waals surface area contributed by atoms with E-state index in [0.29, 0.717) is 39.4 Å². The Hall–Kier alpha value is -2.77. The van der Waals surface area contributed by atoms with Gasteiger partial charge < -0.3 is 14.8 Å². The highest BCUT2D eigenvalue weighted by atomic mass is 35.5. The lowest BCUT2D eigenvalue weighted by Crippen LogP contribution is -2.32. The molecule has 142 valence electrons. The summed E-state index contributed by atoms with van der Waals surface area (Å²) in [6, 6.07) is 9.78. The summed E-state index contributed by atoms with van der Waals surface area (Å²) in [5.74, 6) is -1.01. The number of nitrogens with one attached hydrogen (secondary N) is 2. The normalized spacial score (nSPS) is 10.5. The Morgan fingerprint density at radius 2 is 1.89 bits per heavy atom. The lowest BCUT2D eigenvalue weighted by Gasteiger charge is -2.11. The molecule has 0 aromatic heterocycles. The van der Waals surface area contributed by atoms with Crippen molar-refractivity contribution in [3.63, 3.8) is 0 Å². The molecule has 0 saturated carbocycles. The van der Waals surface area contributed by atoms with Gasteiger partial charge in [-0.2, -0.15) is 5.10 Å². The number of anilines is 1. The van der Waals surface area contributed by atoms with Gasteiger partial charge in [-0.1, -0.05) is 35.3 Å². The number of nitrogens with zero attached hydrogens (tertiary/aromatic N) is 1. The molecule has 0 spiro atoms. The fourth-order valence-electron chi connectivity index (χ4n) is 2.06.